The Morgan fingerprint density at radius 1 is 0.833 bits per heavy atom. The summed E-state index contributed by atoms with van der Waals surface area (Å²) in [5, 5.41) is 0.640. The van der Waals surface area contributed by atoms with Crippen LogP contribution in [0.25, 0.3) is 0 Å². The van der Waals surface area contributed by atoms with E-state index in [1.54, 1.807) is 24.8 Å². The fourth-order valence-electron chi connectivity index (χ4n) is 3.14. The first-order chi connectivity index (χ1) is 14.8. The van der Waals surface area contributed by atoms with Crippen LogP contribution in [0.1, 0.15) is 27.9 Å². The van der Waals surface area contributed by atoms with Crippen LogP contribution in [0.2, 0.25) is 0 Å². The lowest BCUT2D eigenvalue weighted by molar-refractivity contribution is 0.798. The molecule has 4 rings (SSSR count). The molecule has 0 spiro atoms. The van der Waals surface area contributed by atoms with E-state index in [4.69, 9.17) is 4.98 Å². The SMILES string of the molecule is O=c1[nH]c(SCc2ccccc2)nc(CCc2ccncc2)c1Cc1cncnc1. The van der Waals surface area contributed by atoms with E-state index in [9.17, 15) is 4.79 Å². The van der Waals surface area contributed by atoms with Gasteiger partial charge >= 0.3 is 0 Å². The minimum Gasteiger partial charge on any atom is -0.301 e. The molecule has 150 valence electrons. The Balaban J connectivity index is 1.59. The van der Waals surface area contributed by atoms with Gasteiger partial charge in [0.25, 0.3) is 5.56 Å². The fraction of sp³-hybridized carbons (Fsp3) is 0.174. The Bertz CT molecular complexity index is 1130. The van der Waals surface area contributed by atoms with Gasteiger partial charge in [-0.15, -0.1) is 0 Å². The third-order valence-corrected chi connectivity index (χ3v) is 5.64. The monoisotopic (exact) mass is 415 g/mol. The zero-order chi connectivity index (χ0) is 20.6. The number of H-pyrrole nitrogens is 1. The minimum atomic E-state index is -0.103. The van der Waals surface area contributed by atoms with Crippen LogP contribution in [0.3, 0.4) is 0 Å². The van der Waals surface area contributed by atoms with Gasteiger partial charge in [-0.2, -0.15) is 0 Å². The molecule has 0 radical (unpaired) electrons. The summed E-state index contributed by atoms with van der Waals surface area (Å²) < 4.78 is 0. The van der Waals surface area contributed by atoms with E-state index >= 15 is 0 Å². The normalized spacial score (nSPS) is 10.8. The molecule has 6 nitrogen and oxygen atoms in total. The van der Waals surface area contributed by atoms with Crippen molar-refractivity contribution in [2.24, 2.45) is 0 Å². The summed E-state index contributed by atoms with van der Waals surface area (Å²) in [6.45, 7) is 0. The maximum absolute atomic E-state index is 12.9. The Morgan fingerprint density at radius 2 is 1.60 bits per heavy atom. The summed E-state index contributed by atoms with van der Waals surface area (Å²) in [4.78, 5) is 32.9. The van der Waals surface area contributed by atoms with E-state index in [0.29, 0.717) is 23.6 Å². The average molecular weight is 416 g/mol. The smallest absolute Gasteiger partial charge is 0.255 e. The third kappa shape index (κ3) is 5.39. The largest absolute Gasteiger partial charge is 0.301 e. The molecule has 0 saturated heterocycles. The van der Waals surface area contributed by atoms with Crippen molar-refractivity contribution in [1.82, 2.24) is 24.9 Å². The second-order valence-corrected chi connectivity index (χ2v) is 7.81. The van der Waals surface area contributed by atoms with Crippen molar-refractivity contribution in [2.45, 2.75) is 30.2 Å². The summed E-state index contributed by atoms with van der Waals surface area (Å²) in [5.41, 5.74) is 4.63. The number of thioether (sulfide) groups is 1. The maximum atomic E-state index is 12.9. The van der Waals surface area contributed by atoms with Gasteiger partial charge in [0.1, 0.15) is 6.33 Å². The van der Waals surface area contributed by atoms with Crippen LogP contribution < -0.4 is 5.56 Å². The zero-order valence-corrected chi connectivity index (χ0v) is 17.2. The lowest BCUT2D eigenvalue weighted by Gasteiger charge is -2.11. The second kappa shape index (κ2) is 9.93. The number of hydrogen-bond acceptors (Lipinski definition) is 6. The molecule has 1 aromatic carbocycles. The molecular weight excluding hydrogens is 394 g/mol. The van der Waals surface area contributed by atoms with Gasteiger partial charge in [0.15, 0.2) is 5.16 Å². The molecule has 0 aliphatic heterocycles. The van der Waals surface area contributed by atoms with Crippen molar-refractivity contribution in [3.05, 3.63) is 112 Å². The van der Waals surface area contributed by atoms with Crippen LogP contribution in [-0.2, 0) is 25.0 Å². The van der Waals surface area contributed by atoms with Crippen molar-refractivity contribution in [3.8, 4) is 0 Å². The number of pyridine rings is 1. The number of aromatic nitrogens is 5. The number of nitrogens with zero attached hydrogens (tertiary/aromatic N) is 4. The number of hydrogen-bond donors (Lipinski definition) is 1. The molecule has 0 saturated carbocycles. The van der Waals surface area contributed by atoms with Crippen molar-refractivity contribution in [2.75, 3.05) is 0 Å². The number of aryl methyl sites for hydroxylation is 2. The van der Waals surface area contributed by atoms with Gasteiger partial charge in [0.2, 0.25) is 0 Å². The number of aromatic amines is 1. The quantitative estimate of drug-likeness (QED) is 0.349. The topological polar surface area (TPSA) is 84.4 Å². The third-order valence-electron chi connectivity index (χ3n) is 4.69. The first-order valence-electron chi connectivity index (χ1n) is 9.69. The van der Waals surface area contributed by atoms with Gasteiger partial charge in [-0.3, -0.25) is 9.78 Å². The zero-order valence-electron chi connectivity index (χ0n) is 16.4. The molecule has 0 fully saturated rings. The molecule has 0 aliphatic carbocycles. The van der Waals surface area contributed by atoms with E-state index in [-0.39, 0.29) is 5.56 Å². The van der Waals surface area contributed by atoms with E-state index in [1.807, 2.05) is 30.3 Å². The van der Waals surface area contributed by atoms with E-state index in [0.717, 1.165) is 23.4 Å². The molecule has 0 amide bonds. The van der Waals surface area contributed by atoms with Gasteiger partial charge in [-0.05, 0) is 41.7 Å². The highest BCUT2D eigenvalue weighted by Crippen LogP contribution is 2.20. The lowest BCUT2D eigenvalue weighted by atomic mass is 10.0. The molecule has 7 heteroatoms. The first-order valence-corrected chi connectivity index (χ1v) is 10.7. The molecule has 3 aromatic heterocycles. The predicted octanol–water partition coefficient (Wildman–Crippen LogP) is 3.62. The molecule has 0 aliphatic rings. The molecule has 0 bridgehead atoms. The standard InChI is InChI=1S/C23H21N5OS/c29-22-20(12-19-13-25-16-26-14-19)21(7-6-17-8-10-24-11-9-17)27-23(28-22)30-15-18-4-2-1-3-5-18/h1-5,8-11,13-14,16H,6-7,12,15H2,(H,27,28,29). The fourth-order valence-corrected chi connectivity index (χ4v) is 3.98. The van der Waals surface area contributed by atoms with Gasteiger partial charge in [-0.1, -0.05) is 42.1 Å². The van der Waals surface area contributed by atoms with Crippen LogP contribution >= 0.6 is 11.8 Å². The summed E-state index contributed by atoms with van der Waals surface area (Å²) in [7, 11) is 0. The predicted molar refractivity (Wildman–Crippen MR) is 117 cm³/mol. The highest BCUT2D eigenvalue weighted by atomic mass is 32.2. The Kier molecular flexibility index (Phi) is 6.61. The summed E-state index contributed by atoms with van der Waals surface area (Å²) in [5.74, 6) is 0.749. The molecule has 1 N–H and O–H groups in total. The Morgan fingerprint density at radius 3 is 2.37 bits per heavy atom. The Labute approximate surface area is 178 Å². The van der Waals surface area contributed by atoms with Gasteiger partial charge in [0.05, 0.1) is 5.69 Å². The van der Waals surface area contributed by atoms with Crippen LogP contribution in [0.5, 0.6) is 0 Å². The van der Waals surface area contributed by atoms with E-state index in [1.165, 1.54) is 29.2 Å². The van der Waals surface area contributed by atoms with Crippen molar-refractivity contribution < 1.29 is 0 Å². The molecule has 0 unspecified atom stereocenters. The van der Waals surface area contributed by atoms with Gasteiger partial charge in [0, 0.05) is 42.5 Å². The number of nitrogens with one attached hydrogen (secondary N) is 1. The van der Waals surface area contributed by atoms with Crippen LogP contribution in [0.4, 0.5) is 0 Å². The van der Waals surface area contributed by atoms with Gasteiger partial charge < -0.3 is 4.98 Å². The molecule has 4 aromatic rings. The minimum absolute atomic E-state index is 0.103. The van der Waals surface area contributed by atoms with Crippen molar-refractivity contribution in [1.29, 1.82) is 0 Å². The van der Waals surface area contributed by atoms with Crippen LogP contribution in [-0.4, -0.2) is 24.9 Å². The summed E-state index contributed by atoms with van der Waals surface area (Å²) >= 11 is 1.54. The van der Waals surface area contributed by atoms with Crippen LogP contribution in [0, 0.1) is 0 Å². The highest BCUT2D eigenvalue weighted by Gasteiger charge is 2.13. The molecule has 30 heavy (non-hydrogen) atoms. The number of benzene rings is 1. The Hall–Kier alpha value is -3.32. The molecule has 3 heterocycles. The van der Waals surface area contributed by atoms with Crippen molar-refractivity contribution >= 4 is 11.8 Å². The van der Waals surface area contributed by atoms with Gasteiger partial charge in [-0.25, -0.2) is 15.0 Å². The van der Waals surface area contributed by atoms with Crippen molar-refractivity contribution in [3.63, 3.8) is 0 Å². The summed E-state index contributed by atoms with van der Waals surface area (Å²) in [6.07, 6.45) is 10.4. The van der Waals surface area contributed by atoms with E-state index < -0.39 is 0 Å². The van der Waals surface area contributed by atoms with Crippen LogP contribution in [0.15, 0.2) is 83.5 Å². The summed E-state index contributed by atoms with van der Waals surface area (Å²) in [6, 6.07) is 14.1. The highest BCUT2D eigenvalue weighted by molar-refractivity contribution is 7.98. The first kappa shape index (κ1) is 20.0. The maximum Gasteiger partial charge on any atom is 0.255 e. The molecule has 0 atom stereocenters. The molecular formula is C23H21N5OS. The second-order valence-electron chi connectivity index (χ2n) is 6.85. The van der Waals surface area contributed by atoms with E-state index in [2.05, 4.69) is 32.1 Å². The number of rotatable bonds is 8. The lowest BCUT2D eigenvalue weighted by Crippen LogP contribution is -2.20. The average Bonchev–Trinajstić information content (AvgIpc) is 2.80.